The van der Waals surface area contributed by atoms with Gasteiger partial charge < -0.3 is 19.4 Å². The molecule has 0 N–H and O–H groups in total. The van der Waals surface area contributed by atoms with Crippen molar-refractivity contribution < 1.29 is 14.3 Å². The van der Waals surface area contributed by atoms with E-state index in [1.165, 1.54) is 0 Å². The average molecular weight is 498 g/mol. The highest BCUT2D eigenvalue weighted by Crippen LogP contribution is 2.29. The van der Waals surface area contributed by atoms with E-state index in [1.807, 2.05) is 41.3 Å². The molecule has 0 unspecified atom stereocenters. The predicted octanol–water partition coefficient (Wildman–Crippen LogP) is 3.25. The number of hydrogen-bond acceptors (Lipinski definition) is 6. The monoisotopic (exact) mass is 497 g/mol. The smallest absolute Gasteiger partial charge is 0.242 e. The fourth-order valence-corrected chi connectivity index (χ4v) is 5.17. The number of carbonyl (C=O) groups is 2. The van der Waals surface area contributed by atoms with E-state index in [1.54, 1.807) is 4.90 Å². The summed E-state index contributed by atoms with van der Waals surface area (Å²) in [5.74, 6) is 0.990. The molecule has 1 atom stereocenters. The molecule has 35 heavy (non-hydrogen) atoms. The van der Waals surface area contributed by atoms with E-state index in [4.69, 9.17) is 16.3 Å². The van der Waals surface area contributed by atoms with E-state index in [9.17, 15) is 9.59 Å². The van der Waals surface area contributed by atoms with Crippen LogP contribution in [0.1, 0.15) is 32.1 Å². The highest BCUT2D eigenvalue weighted by atomic mass is 35.5. The first kappa shape index (κ1) is 24.0. The lowest BCUT2D eigenvalue weighted by Crippen LogP contribution is -2.53. The van der Waals surface area contributed by atoms with Crippen LogP contribution in [0, 0.1) is 5.92 Å². The molecule has 2 aromatic rings. The Morgan fingerprint density at radius 2 is 1.80 bits per heavy atom. The third kappa shape index (κ3) is 5.59. The first-order valence-electron chi connectivity index (χ1n) is 12.6. The van der Waals surface area contributed by atoms with Crippen LogP contribution in [0.15, 0.2) is 36.4 Å². The molecule has 0 bridgehead atoms. The number of rotatable bonds is 7. The van der Waals surface area contributed by atoms with Crippen molar-refractivity contribution in [3.63, 3.8) is 0 Å². The van der Waals surface area contributed by atoms with Crippen LogP contribution in [0.5, 0.6) is 0 Å². The second-order valence-corrected chi connectivity index (χ2v) is 10.0. The van der Waals surface area contributed by atoms with Crippen LogP contribution in [0.4, 0.5) is 5.82 Å². The maximum absolute atomic E-state index is 13.1. The summed E-state index contributed by atoms with van der Waals surface area (Å²) in [4.78, 5) is 31.9. The van der Waals surface area contributed by atoms with Crippen LogP contribution in [0.2, 0.25) is 5.02 Å². The van der Waals surface area contributed by atoms with Crippen molar-refractivity contribution in [1.29, 1.82) is 0 Å². The van der Waals surface area contributed by atoms with Crippen LogP contribution in [-0.4, -0.2) is 83.8 Å². The number of hydrogen-bond donors (Lipinski definition) is 0. The molecule has 1 aromatic heterocycles. The van der Waals surface area contributed by atoms with Crippen LogP contribution >= 0.6 is 11.6 Å². The Kier molecular flexibility index (Phi) is 7.48. The molecule has 2 saturated heterocycles. The zero-order valence-electron chi connectivity index (χ0n) is 19.9. The largest absolute Gasteiger partial charge is 0.376 e. The van der Waals surface area contributed by atoms with Gasteiger partial charge in [-0.25, -0.2) is 0 Å². The molecule has 1 saturated carbocycles. The van der Waals surface area contributed by atoms with E-state index < -0.39 is 0 Å². The van der Waals surface area contributed by atoms with Gasteiger partial charge in [0.2, 0.25) is 11.8 Å². The maximum atomic E-state index is 13.1. The minimum absolute atomic E-state index is 0.00970. The Balaban J connectivity index is 1.16. The van der Waals surface area contributed by atoms with Crippen molar-refractivity contribution in [3.8, 4) is 11.3 Å². The first-order valence-corrected chi connectivity index (χ1v) is 13.0. The summed E-state index contributed by atoms with van der Waals surface area (Å²) in [6.07, 6.45) is 5.00. The summed E-state index contributed by atoms with van der Waals surface area (Å²) in [5.41, 5.74) is 1.59. The van der Waals surface area contributed by atoms with Crippen LogP contribution in [-0.2, 0) is 14.3 Å². The number of aromatic nitrogens is 2. The van der Waals surface area contributed by atoms with Crippen molar-refractivity contribution >= 4 is 29.2 Å². The molecule has 0 spiro atoms. The SMILES string of the molecule is O=C(CN(C[C@H]1CCCO1)C(=O)C1CCC1)N1CCN(c2ccc(-c3ccccc3Cl)nn2)CC1. The highest BCUT2D eigenvalue weighted by molar-refractivity contribution is 6.33. The van der Waals surface area contributed by atoms with Crippen molar-refractivity contribution in [1.82, 2.24) is 20.0 Å². The topological polar surface area (TPSA) is 78.9 Å². The van der Waals surface area contributed by atoms with E-state index in [-0.39, 0.29) is 30.4 Å². The van der Waals surface area contributed by atoms with Gasteiger partial charge in [0.25, 0.3) is 0 Å². The molecule has 2 amide bonds. The predicted molar refractivity (Wildman–Crippen MR) is 134 cm³/mol. The first-order chi connectivity index (χ1) is 17.1. The van der Waals surface area contributed by atoms with Crippen molar-refractivity contribution in [2.75, 3.05) is 50.8 Å². The molecule has 2 aliphatic heterocycles. The number of halogens is 1. The van der Waals surface area contributed by atoms with E-state index >= 15 is 0 Å². The van der Waals surface area contributed by atoms with Gasteiger partial charge in [0.1, 0.15) is 0 Å². The zero-order valence-corrected chi connectivity index (χ0v) is 20.7. The van der Waals surface area contributed by atoms with E-state index in [0.717, 1.165) is 55.8 Å². The van der Waals surface area contributed by atoms with Gasteiger partial charge >= 0.3 is 0 Å². The van der Waals surface area contributed by atoms with Crippen molar-refractivity contribution in [3.05, 3.63) is 41.4 Å². The lowest BCUT2D eigenvalue weighted by molar-refractivity contribution is -0.146. The van der Waals surface area contributed by atoms with Gasteiger partial charge in [0.15, 0.2) is 5.82 Å². The number of benzene rings is 1. The molecule has 3 heterocycles. The summed E-state index contributed by atoms with van der Waals surface area (Å²) in [7, 11) is 0. The van der Waals surface area contributed by atoms with Crippen molar-refractivity contribution in [2.24, 2.45) is 5.92 Å². The molecule has 3 fully saturated rings. The maximum Gasteiger partial charge on any atom is 0.242 e. The van der Waals surface area contributed by atoms with E-state index in [2.05, 4.69) is 15.1 Å². The van der Waals surface area contributed by atoms with Gasteiger partial charge in [0, 0.05) is 50.8 Å². The second kappa shape index (κ2) is 10.9. The molecule has 5 rings (SSSR count). The quantitative estimate of drug-likeness (QED) is 0.584. The fourth-order valence-electron chi connectivity index (χ4n) is 4.93. The zero-order chi connectivity index (χ0) is 24.2. The molecule has 9 heteroatoms. The number of amides is 2. The molecule has 1 aromatic carbocycles. The Morgan fingerprint density at radius 3 is 2.43 bits per heavy atom. The van der Waals surface area contributed by atoms with Gasteiger partial charge in [-0.1, -0.05) is 36.2 Å². The molecule has 3 aliphatic rings. The van der Waals surface area contributed by atoms with Gasteiger partial charge in [-0.15, -0.1) is 10.2 Å². The summed E-state index contributed by atoms with van der Waals surface area (Å²) < 4.78 is 5.75. The molecule has 1 aliphatic carbocycles. The number of nitrogens with zero attached hydrogens (tertiary/aromatic N) is 5. The Morgan fingerprint density at radius 1 is 1.00 bits per heavy atom. The number of piperazine rings is 1. The Labute approximate surface area is 211 Å². The molecular formula is C26H32ClN5O3. The normalized spacial score (nSPS) is 20.5. The summed E-state index contributed by atoms with van der Waals surface area (Å²) in [6.45, 7) is 3.95. The number of anilines is 1. The van der Waals surface area contributed by atoms with Crippen molar-refractivity contribution in [2.45, 2.75) is 38.2 Å². The fraction of sp³-hybridized carbons (Fsp3) is 0.538. The lowest BCUT2D eigenvalue weighted by Gasteiger charge is -2.37. The number of carbonyl (C=O) groups excluding carboxylic acids is 2. The Bertz CT molecular complexity index is 1030. The summed E-state index contributed by atoms with van der Waals surface area (Å²) in [6, 6.07) is 11.5. The van der Waals surface area contributed by atoms with E-state index in [0.29, 0.717) is 37.7 Å². The highest BCUT2D eigenvalue weighted by Gasteiger charge is 2.33. The minimum Gasteiger partial charge on any atom is -0.376 e. The van der Waals surface area contributed by atoms with Gasteiger partial charge in [-0.05, 0) is 43.9 Å². The van der Waals surface area contributed by atoms with Gasteiger partial charge in [-0.3, -0.25) is 9.59 Å². The summed E-state index contributed by atoms with van der Waals surface area (Å²) in [5, 5.41) is 9.41. The minimum atomic E-state index is 0.00970. The van der Waals surface area contributed by atoms with Crippen LogP contribution in [0.25, 0.3) is 11.3 Å². The van der Waals surface area contributed by atoms with Gasteiger partial charge in [-0.2, -0.15) is 0 Å². The summed E-state index contributed by atoms with van der Waals surface area (Å²) >= 11 is 6.28. The van der Waals surface area contributed by atoms with Crippen LogP contribution in [0.3, 0.4) is 0 Å². The molecule has 8 nitrogen and oxygen atoms in total. The Hall–Kier alpha value is -2.71. The lowest BCUT2D eigenvalue weighted by atomic mass is 9.84. The third-order valence-electron chi connectivity index (χ3n) is 7.30. The van der Waals surface area contributed by atoms with Gasteiger partial charge in [0.05, 0.1) is 23.4 Å². The standard InChI is InChI=1S/C26H32ClN5O3/c27-22-9-2-1-8-21(22)23-10-11-24(29-28-23)30-12-14-31(15-13-30)25(33)18-32(17-20-7-4-16-35-20)26(34)19-5-3-6-19/h1-2,8-11,19-20H,3-7,12-18H2/t20-/m1/s1. The van der Waals surface area contributed by atoms with Crippen LogP contribution < -0.4 is 4.90 Å². The molecule has 0 radical (unpaired) electrons. The number of ether oxygens (including phenoxy) is 1. The molecular weight excluding hydrogens is 466 g/mol. The third-order valence-corrected chi connectivity index (χ3v) is 7.63. The average Bonchev–Trinajstić information content (AvgIpc) is 3.36. The second-order valence-electron chi connectivity index (χ2n) is 9.61. The molecule has 186 valence electrons.